The molecule has 4 rings (SSSR count). The highest BCUT2D eigenvalue weighted by Gasteiger charge is 2.27. The van der Waals surface area contributed by atoms with E-state index in [0.29, 0.717) is 25.5 Å². The molecule has 1 aliphatic heterocycles. The first-order valence-corrected chi connectivity index (χ1v) is 11.5. The fourth-order valence-corrected chi connectivity index (χ4v) is 3.69. The first-order valence-electron chi connectivity index (χ1n) is 11.5. The van der Waals surface area contributed by atoms with E-state index in [9.17, 15) is 4.79 Å². The van der Waals surface area contributed by atoms with E-state index >= 15 is 0 Å². The summed E-state index contributed by atoms with van der Waals surface area (Å²) in [7, 11) is 0. The molecule has 34 heavy (non-hydrogen) atoms. The van der Waals surface area contributed by atoms with Crippen LogP contribution in [0.15, 0.2) is 42.7 Å². The van der Waals surface area contributed by atoms with Crippen molar-refractivity contribution in [2.45, 2.75) is 58.8 Å². The number of carbonyl (C=O) groups excluding carboxylic acids is 1. The molecule has 1 aliphatic rings. The second-order valence-electron chi connectivity index (χ2n) is 9.34. The van der Waals surface area contributed by atoms with Crippen LogP contribution in [0.3, 0.4) is 0 Å². The van der Waals surface area contributed by atoms with Gasteiger partial charge in [0.05, 0.1) is 11.4 Å². The summed E-state index contributed by atoms with van der Waals surface area (Å²) < 4.78 is 13.1. The Kier molecular flexibility index (Phi) is 6.95. The number of ether oxygens (including phenoxy) is 2. The maximum atomic E-state index is 12.2. The van der Waals surface area contributed by atoms with Crippen molar-refractivity contribution >= 4 is 11.8 Å². The highest BCUT2D eigenvalue weighted by molar-refractivity contribution is 5.68. The van der Waals surface area contributed by atoms with Crippen LogP contribution in [0.25, 0.3) is 5.82 Å². The maximum absolute atomic E-state index is 12.2. The van der Waals surface area contributed by atoms with Gasteiger partial charge >= 0.3 is 6.09 Å². The van der Waals surface area contributed by atoms with Crippen molar-refractivity contribution in [1.82, 2.24) is 30.1 Å². The van der Waals surface area contributed by atoms with Gasteiger partial charge < -0.3 is 19.7 Å². The zero-order chi connectivity index (χ0) is 24.1. The summed E-state index contributed by atoms with van der Waals surface area (Å²) in [6.45, 7) is 9.54. The van der Waals surface area contributed by atoms with E-state index in [4.69, 9.17) is 9.47 Å². The lowest BCUT2D eigenvalue weighted by Gasteiger charge is -2.33. The molecule has 0 radical (unpaired) electrons. The van der Waals surface area contributed by atoms with Crippen molar-refractivity contribution in [2.24, 2.45) is 0 Å². The predicted octanol–water partition coefficient (Wildman–Crippen LogP) is 3.76. The van der Waals surface area contributed by atoms with Crippen molar-refractivity contribution in [1.29, 1.82) is 0 Å². The molecule has 1 aromatic carbocycles. The lowest BCUT2D eigenvalue weighted by Crippen LogP contribution is -2.44. The van der Waals surface area contributed by atoms with Crippen LogP contribution >= 0.6 is 0 Å². The second-order valence-corrected chi connectivity index (χ2v) is 9.34. The predicted molar refractivity (Wildman–Crippen MR) is 127 cm³/mol. The Balaban J connectivity index is 1.24. The SMILES string of the molecule is Cc1nc(-n2cnnn2)ccc1NCc1ccc(OC2CCN(C(=O)OC(C)(C)C)CC2)cc1. The fraction of sp³-hybridized carbons (Fsp3) is 0.458. The van der Waals surface area contributed by atoms with Crippen LogP contribution in [-0.4, -0.2) is 61.0 Å². The van der Waals surface area contributed by atoms with Gasteiger partial charge in [-0.05, 0) is 68.0 Å². The van der Waals surface area contributed by atoms with E-state index in [0.717, 1.165) is 35.5 Å². The third kappa shape index (κ3) is 6.21. The van der Waals surface area contributed by atoms with Gasteiger partial charge in [0.2, 0.25) is 0 Å². The fourth-order valence-electron chi connectivity index (χ4n) is 3.69. The van der Waals surface area contributed by atoms with E-state index in [-0.39, 0.29) is 12.2 Å². The molecule has 0 saturated carbocycles. The number of benzene rings is 1. The summed E-state index contributed by atoms with van der Waals surface area (Å²) in [6.07, 6.45) is 2.93. The summed E-state index contributed by atoms with van der Waals surface area (Å²) >= 11 is 0. The van der Waals surface area contributed by atoms with Crippen LogP contribution in [0.5, 0.6) is 5.75 Å². The molecular weight excluding hydrogens is 434 g/mol. The van der Waals surface area contributed by atoms with Crippen LogP contribution < -0.4 is 10.1 Å². The van der Waals surface area contributed by atoms with Crippen molar-refractivity contribution in [2.75, 3.05) is 18.4 Å². The van der Waals surface area contributed by atoms with Gasteiger partial charge in [-0.3, -0.25) is 0 Å². The van der Waals surface area contributed by atoms with Crippen LogP contribution in [0.1, 0.15) is 44.9 Å². The van der Waals surface area contributed by atoms with E-state index in [1.165, 1.54) is 11.0 Å². The van der Waals surface area contributed by atoms with Gasteiger partial charge in [0.1, 0.15) is 23.8 Å². The van der Waals surface area contributed by atoms with Gasteiger partial charge in [-0.2, -0.15) is 4.68 Å². The minimum absolute atomic E-state index is 0.0927. The van der Waals surface area contributed by atoms with Gasteiger partial charge in [-0.15, -0.1) is 5.10 Å². The molecular formula is C24H31N7O3. The molecule has 0 atom stereocenters. The molecule has 3 aromatic rings. The molecule has 1 N–H and O–H groups in total. The Morgan fingerprint density at radius 3 is 2.47 bits per heavy atom. The Bertz CT molecular complexity index is 1090. The van der Waals surface area contributed by atoms with Crippen molar-refractivity contribution in [3.63, 3.8) is 0 Å². The number of hydrogen-bond donors (Lipinski definition) is 1. The quantitative estimate of drug-likeness (QED) is 0.586. The summed E-state index contributed by atoms with van der Waals surface area (Å²) in [5, 5.41) is 14.6. The van der Waals surface area contributed by atoms with Crippen LogP contribution in [0.4, 0.5) is 10.5 Å². The van der Waals surface area contributed by atoms with Crippen molar-refractivity contribution < 1.29 is 14.3 Å². The number of nitrogens with zero attached hydrogens (tertiary/aromatic N) is 6. The van der Waals surface area contributed by atoms with Crippen LogP contribution in [0.2, 0.25) is 0 Å². The van der Waals surface area contributed by atoms with Crippen molar-refractivity contribution in [3.05, 3.63) is 54.0 Å². The van der Waals surface area contributed by atoms with E-state index in [1.807, 2.05) is 52.0 Å². The lowest BCUT2D eigenvalue weighted by atomic mass is 10.1. The lowest BCUT2D eigenvalue weighted by molar-refractivity contribution is 0.0126. The number of amides is 1. The molecule has 1 fully saturated rings. The van der Waals surface area contributed by atoms with Crippen LogP contribution in [-0.2, 0) is 11.3 Å². The third-order valence-electron chi connectivity index (χ3n) is 5.46. The first-order chi connectivity index (χ1) is 16.3. The number of nitrogens with one attached hydrogen (secondary N) is 1. The van der Waals surface area contributed by atoms with Crippen LogP contribution in [0, 0.1) is 6.92 Å². The Hall–Kier alpha value is -3.69. The highest BCUT2D eigenvalue weighted by Crippen LogP contribution is 2.22. The number of hydrogen-bond acceptors (Lipinski definition) is 8. The van der Waals surface area contributed by atoms with E-state index in [1.54, 1.807) is 4.90 Å². The maximum Gasteiger partial charge on any atom is 0.410 e. The van der Waals surface area contributed by atoms with Gasteiger partial charge in [0.15, 0.2) is 5.82 Å². The number of tetrazole rings is 1. The first kappa shape index (κ1) is 23.5. The molecule has 10 heteroatoms. The Labute approximate surface area is 199 Å². The molecule has 1 saturated heterocycles. The van der Waals surface area contributed by atoms with Gasteiger partial charge in [0.25, 0.3) is 0 Å². The average Bonchev–Trinajstić information content (AvgIpc) is 3.34. The Morgan fingerprint density at radius 2 is 1.85 bits per heavy atom. The molecule has 10 nitrogen and oxygen atoms in total. The number of anilines is 1. The molecule has 0 unspecified atom stereocenters. The largest absolute Gasteiger partial charge is 0.490 e. The summed E-state index contributed by atoms with van der Waals surface area (Å²) in [4.78, 5) is 18.5. The monoisotopic (exact) mass is 465 g/mol. The third-order valence-corrected chi connectivity index (χ3v) is 5.46. The minimum atomic E-state index is -0.477. The number of likely N-dealkylation sites (tertiary alicyclic amines) is 1. The molecule has 0 aliphatic carbocycles. The minimum Gasteiger partial charge on any atom is -0.490 e. The summed E-state index contributed by atoms with van der Waals surface area (Å²) in [6, 6.07) is 11.9. The van der Waals surface area contributed by atoms with E-state index < -0.39 is 5.60 Å². The van der Waals surface area contributed by atoms with Gasteiger partial charge in [-0.1, -0.05) is 12.1 Å². The number of pyridine rings is 1. The zero-order valence-electron chi connectivity index (χ0n) is 20.1. The van der Waals surface area contributed by atoms with Gasteiger partial charge in [0, 0.05) is 32.5 Å². The Morgan fingerprint density at radius 1 is 1.12 bits per heavy atom. The standard InChI is InChI=1S/C24H31N7O3/c1-17-21(9-10-22(27-17)31-16-26-28-29-31)25-15-18-5-7-19(8-6-18)33-20-11-13-30(14-12-20)23(32)34-24(2,3)4/h5-10,16,20,25H,11-15H2,1-4H3. The van der Waals surface area contributed by atoms with Gasteiger partial charge in [-0.25, -0.2) is 9.78 Å². The molecule has 2 aromatic heterocycles. The average molecular weight is 466 g/mol. The molecule has 0 bridgehead atoms. The smallest absolute Gasteiger partial charge is 0.410 e. The molecule has 0 spiro atoms. The number of aryl methyl sites for hydroxylation is 1. The number of piperidine rings is 1. The summed E-state index contributed by atoms with van der Waals surface area (Å²) in [5.74, 6) is 1.51. The topological polar surface area (TPSA) is 107 Å². The number of rotatable bonds is 6. The molecule has 3 heterocycles. The normalized spacial score (nSPS) is 14.6. The number of carbonyl (C=O) groups is 1. The zero-order valence-corrected chi connectivity index (χ0v) is 20.1. The highest BCUT2D eigenvalue weighted by atomic mass is 16.6. The molecule has 1 amide bonds. The number of aromatic nitrogens is 5. The van der Waals surface area contributed by atoms with Crippen molar-refractivity contribution in [3.8, 4) is 11.6 Å². The second kappa shape index (κ2) is 10.1. The summed E-state index contributed by atoms with van der Waals surface area (Å²) in [5.41, 5.74) is 2.48. The van der Waals surface area contributed by atoms with E-state index in [2.05, 4.69) is 38.0 Å². The molecule has 180 valence electrons.